The molecule has 0 bridgehead atoms. The normalized spacial score (nSPS) is 20.9. The summed E-state index contributed by atoms with van der Waals surface area (Å²) in [6, 6.07) is 19.0. The number of carbonyl (C=O) groups excluding carboxylic acids is 1. The number of rotatable bonds is 3. The van der Waals surface area contributed by atoms with Crippen LogP contribution >= 0.6 is 0 Å². The molecule has 0 saturated carbocycles. The molecule has 1 unspecified atom stereocenters. The Balaban J connectivity index is 1.47. The Bertz CT molecular complexity index is 812. The highest BCUT2D eigenvalue weighted by Crippen LogP contribution is 2.27. The molecule has 26 heavy (non-hydrogen) atoms. The van der Waals surface area contributed by atoms with E-state index in [4.69, 9.17) is 0 Å². The Labute approximate surface area is 155 Å². The summed E-state index contributed by atoms with van der Waals surface area (Å²) >= 11 is 0. The van der Waals surface area contributed by atoms with Gasteiger partial charge in [-0.05, 0) is 48.6 Å². The largest absolute Gasteiger partial charge is 0.321 e. The van der Waals surface area contributed by atoms with E-state index in [0.717, 1.165) is 44.6 Å². The highest BCUT2D eigenvalue weighted by Gasteiger charge is 2.33. The topological polar surface area (TPSA) is 24.8 Å². The molecular weight excluding hydrogens is 320 g/mol. The predicted molar refractivity (Wildman–Crippen MR) is 106 cm³/mol. The van der Waals surface area contributed by atoms with Crippen molar-refractivity contribution in [1.82, 2.24) is 0 Å². The number of nitrogens with one attached hydrogen (secondary N) is 1. The highest BCUT2D eigenvalue weighted by atomic mass is 16.2. The van der Waals surface area contributed by atoms with Gasteiger partial charge in [0.15, 0.2) is 6.04 Å². The molecule has 2 atom stereocenters. The number of aryl methyl sites for hydroxylation is 1. The number of nitrogens with zero attached hydrogens (tertiary/aromatic N) is 1. The van der Waals surface area contributed by atoms with Crippen molar-refractivity contribution in [3.8, 4) is 0 Å². The van der Waals surface area contributed by atoms with Gasteiger partial charge in [0.1, 0.15) is 0 Å². The molecule has 2 aliphatic rings. The molecule has 2 aliphatic heterocycles. The van der Waals surface area contributed by atoms with Crippen LogP contribution in [0.5, 0.6) is 0 Å². The number of carbonyl (C=O) groups is 1. The first-order valence-electron chi connectivity index (χ1n) is 9.72. The summed E-state index contributed by atoms with van der Waals surface area (Å²) in [5, 5.41) is 0. The lowest BCUT2D eigenvalue weighted by Crippen LogP contribution is -3.17. The average molecular weight is 347 g/mol. The zero-order valence-electron chi connectivity index (χ0n) is 15.4. The molecule has 1 amide bonds. The first kappa shape index (κ1) is 17.0. The third-order valence-electron chi connectivity index (χ3n) is 5.83. The van der Waals surface area contributed by atoms with Gasteiger partial charge in [0.05, 0.1) is 13.1 Å². The molecule has 3 nitrogen and oxygen atoms in total. The van der Waals surface area contributed by atoms with Gasteiger partial charge >= 0.3 is 0 Å². The zero-order chi connectivity index (χ0) is 17.9. The van der Waals surface area contributed by atoms with Crippen molar-refractivity contribution in [1.29, 1.82) is 0 Å². The van der Waals surface area contributed by atoms with Crippen LogP contribution in [0.1, 0.15) is 30.9 Å². The molecule has 2 heterocycles. The van der Waals surface area contributed by atoms with E-state index in [-0.39, 0.29) is 11.9 Å². The number of hydrogen-bond donors (Lipinski definition) is 1. The summed E-state index contributed by atoms with van der Waals surface area (Å²) in [6.07, 6.45) is 5.49. The lowest BCUT2D eigenvalue weighted by Gasteiger charge is -2.34. The van der Waals surface area contributed by atoms with Crippen LogP contribution in [-0.2, 0) is 11.2 Å². The second kappa shape index (κ2) is 7.46. The molecule has 0 aliphatic carbocycles. The van der Waals surface area contributed by atoms with Crippen LogP contribution in [-0.4, -0.2) is 31.6 Å². The molecule has 0 aromatic heterocycles. The Morgan fingerprint density at radius 3 is 2.58 bits per heavy atom. The number of para-hydroxylation sites is 1. The van der Waals surface area contributed by atoms with Gasteiger partial charge in [0, 0.05) is 18.7 Å². The SMILES string of the molecule is C[C@H](C(=O)N1CCCc2ccccc21)[NH+]1CC=C(c2ccccc2)CC1. The minimum Gasteiger partial charge on any atom is -0.321 e. The Kier molecular flexibility index (Phi) is 4.89. The maximum Gasteiger partial charge on any atom is 0.284 e. The number of hydrogen-bond acceptors (Lipinski definition) is 1. The van der Waals surface area contributed by atoms with E-state index >= 15 is 0 Å². The third-order valence-corrected chi connectivity index (χ3v) is 5.83. The number of anilines is 1. The van der Waals surface area contributed by atoms with Crippen LogP contribution in [0.2, 0.25) is 0 Å². The fraction of sp³-hybridized carbons (Fsp3) is 0.348. The van der Waals surface area contributed by atoms with Crippen LogP contribution < -0.4 is 9.80 Å². The van der Waals surface area contributed by atoms with Crippen LogP contribution in [0.4, 0.5) is 5.69 Å². The molecule has 134 valence electrons. The number of benzene rings is 2. The molecule has 1 N–H and O–H groups in total. The molecule has 0 saturated heterocycles. The molecular formula is C23H27N2O+. The first-order valence-corrected chi connectivity index (χ1v) is 9.72. The summed E-state index contributed by atoms with van der Waals surface area (Å²) in [6.45, 7) is 4.88. The first-order chi connectivity index (χ1) is 12.7. The van der Waals surface area contributed by atoms with Crippen molar-refractivity contribution in [2.75, 3.05) is 24.5 Å². The summed E-state index contributed by atoms with van der Waals surface area (Å²) in [5.41, 5.74) is 5.15. The molecule has 0 radical (unpaired) electrons. The lowest BCUT2D eigenvalue weighted by molar-refractivity contribution is -0.909. The number of fused-ring (bicyclic) bond motifs is 1. The summed E-state index contributed by atoms with van der Waals surface area (Å²) in [5.74, 6) is 0.267. The zero-order valence-corrected chi connectivity index (χ0v) is 15.4. The van der Waals surface area contributed by atoms with Gasteiger partial charge in [0.25, 0.3) is 5.91 Å². The van der Waals surface area contributed by atoms with Crippen molar-refractivity contribution < 1.29 is 9.69 Å². The minimum atomic E-state index is -0.00488. The fourth-order valence-electron chi connectivity index (χ4n) is 4.23. The summed E-state index contributed by atoms with van der Waals surface area (Å²) in [4.78, 5) is 16.6. The van der Waals surface area contributed by atoms with E-state index in [1.54, 1.807) is 0 Å². The fourth-order valence-corrected chi connectivity index (χ4v) is 4.23. The number of quaternary nitrogens is 1. The van der Waals surface area contributed by atoms with Gasteiger partial charge in [-0.3, -0.25) is 4.79 Å². The summed E-state index contributed by atoms with van der Waals surface area (Å²) < 4.78 is 0. The molecule has 2 aromatic rings. The van der Waals surface area contributed by atoms with Gasteiger partial charge in [0.2, 0.25) is 0 Å². The van der Waals surface area contributed by atoms with Gasteiger partial charge in [-0.1, -0.05) is 48.5 Å². The Morgan fingerprint density at radius 2 is 1.81 bits per heavy atom. The monoisotopic (exact) mass is 347 g/mol. The maximum atomic E-state index is 13.2. The third kappa shape index (κ3) is 3.32. The van der Waals surface area contributed by atoms with Gasteiger partial charge < -0.3 is 9.80 Å². The smallest absolute Gasteiger partial charge is 0.284 e. The van der Waals surface area contributed by atoms with Crippen molar-refractivity contribution >= 4 is 17.2 Å². The molecule has 0 fully saturated rings. The van der Waals surface area contributed by atoms with Crippen LogP contribution in [0, 0.1) is 0 Å². The Hall–Kier alpha value is -2.39. The lowest BCUT2D eigenvalue weighted by atomic mass is 9.98. The molecule has 0 spiro atoms. The van der Waals surface area contributed by atoms with Gasteiger partial charge in [-0.15, -0.1) is 0 Å². The van der Waals surface area contributed by atoms with Crippen molar-refractivity contribution in [3.63, 3.8) is 0 Å². The molecule has 2 aromatic carbocycles. The quantitative estimate of drug-likeness (QED) is 0.907. The average Bonchev–Trinajstić information content (AvgIpc) is 2.73. The molecule has 3 heteroatoms. The predicted octanol–water partition coefficient (Wildman–Crippen LogP) is 2.73. The summed E-state index contributed by atoms with van der Waals surface area (Å²) in [7, 11) is 0. The van der Waals surface area contributed by atoms with Crippen LogP contribution in [0.3, 0.4) is 0 Å². The number of amides is 1. The van der Waals surface area contributed by atoms with Gasteiger partial charge in [-0.25, -0.2) is 0 Å². The van der Waals surface area contributed by atoms with E-state index in [1.807, 2.05) is 11.0 Å². The van der Waals surface area contributed by atoms with E-state index in [9.17, 15) is 4.79 Å². The molecule has 4 rings (SSSR count). The van der Waals surface area contributed by atoms with Gasteiger partial charge in [-0.2, -0.15) is 0 Å². The highest BCUT2D eigenvalue weighted by molar-refractivity contribution is 5.97. The van der Waals surface area contributed by atoms with Crippen molar-refractivity contribution in [2.24, 2.45) is 0 Å². The van der Waals surface area contributed by atoms with E-state index in [2.05, 4.69) is 61.5 Å². The van der Waals surface area contributed by atoms with E-state index < -0.39 is 0 Å². The standard InChI is InChI=1S/C23H26N2O/c1-18(23(26)25-15-7-11-21-10-5-6-12-22(21)25)24-16-13-20(14-17-24)19-8-3-2-4-9-19/h2-6,8-10,12-13,18H,7,11,14-17H2,1H3/p+1/t18-/m1/s1. The second-order valence-electron chi connectivity index (χ2n) is 7.40. The van der Waals surface area contributed by atoms with Crippen molar-refractivity contribution in [3.05, 3.63) is 71.8 Å². The maximum absolute atomic E-state index is 13.2. The van der Waals surface area contributed by atoms with E-state index in [1.165, 1.54) is 21.6 Å². The second-order valence-corrected chi connectivity index (χ2v) is 7.40. The minimum absolute atomic E-state index is 0.00488. The Morgan fingerprint density at radius 1 is 1.04 bits per heavy atom. The van der Waals surface area contributed by atoms with Crippen molar-refractivity contribution in [2.45, 2.75) is 32.2 Å². The van der Waals surface area contributed by atoms with Crippen LogP contribution in [0.25, 0.3) is 5.57 Å². The van der Waals surface area contributed by atoms with E-state index in [0.29, 0.717) is 0 Å². The van der Waals surface area contributed by atoms with Crippen LogP contribution in [0.15, 0.2) is 60.7 Å².